The van der Waals surface area contributed by atoms with Gasteiger partial charge in [-0.2, -0.15) is 0 Å². The first-order chi connectivity index (χ1) is 16.1. The number of hydrazine groups is 1. The summed E-state index contributed by atoms with van der Waals surface area (Å²) in [5.74, 6) is 0.205. The number of anilines is 4. The van der Waals surface area contributed by atoms with Crippen LogP contribution in [0.2, 0.25) is 0 Å². The number of para-hydroxylation sites is 2. The van der Waals surface area contributed by atoms with E-state index in [1.165, 1.54) is 12.3 Å². The Kier molecular flexibility index (Phi) is 6.36. The van der Waals surface area contributed by atoms with E-state index in [0.29, 0.717) is 34.3 Å². The van der Waals surface area contributed by atoms with Crippen LogP contribution >= 0.6 is 0 Å². The Bertz CT molecular complexity index is 1250. The predicted molar refractivity (Wildman–Crippen MR) is 126 cm³/mol. The van der Waals surface area contributed by atoms with Crippen LogP contribution in [0.3, 0.4) is 0 Å². The van der Waals surface area contributed by atoms with Gasteiger partial charge in [0.2, 0.25) is 0 Å². The number of nitrogen functional groups attached to an aromatic ring is 1. The summed E-state index contributed by atoms with van der Waals surface area (Å²) in [5, 5.41) is 13.5. The molecule has 4 rings (SSSR count). The van der Waals surface area contributed by atoms with Gasteiger partial charge < -0.3 is 11.1 Å². The maximum absolute atomic E-state index is 12.5. The van der Waals surface area contributed by atoms with E-state index < -0.39 is 11.9 Å². The van der Waals surface area contributed by atoms with Crippen LogP contribution in [0, 0.1) is 0 Å². The third-order valence-corrected chi connectivity index (χ3v) is 4.51. The minimum Gasteiger partial charge on any atom is -0.384 e. The Morgan fingerprint density at radius 3 is 2.21 bits per heavy atom. The van der Waals surface area contributed by atoms with Crippen molar-refractivity contribution >= 4 is 34.9 Å². The van der Waals surface area contributed by atoms with Crippen LogP contribution in [0.15, 0.2) is 85.1 Å². The zero-order valence-electron chi connectivity index (χ0n) is 17.3. The van der Waals surface area contributed by atoms with Crippen molar-refractivity contribution in [2.45, 2.75) is 0 Å². The van der Waals surface area contributed by atoms with Gasteiger partial charge >= 0.3 is 6.03 Å². The zero-order chi connectivity index (χ0) is 23.0. The van der Waals surface area contributed by atoms with Gasteiger partial charge in [-0.15, -0.1) is 10.2 Å². The largest absolute Gasteiger partial charge is 0.384 e. The molecule has 10 nitrogen and oxygen atoms in total. The van der Waals surface area contributed by atoms with Crippen molar-refractivity contribution in [2.24, 2.45) is 0 Å². The van der Waals surface area contributed by atoms with E-state index >= 15 is 0 Å². The fraction of sp³-hybridized carbons (Fsp3) is 0. The molecule has 0 saturated heterocycles. The molecule has 0 fully saturated rings. The first-order valence-corrected chi connectivity index (χ1v) is 9.92. The van der Waals surface area contributed by atoms with Crippen LogP contribution in [0.5, 0.6) is 0 Å². The number of nitrogens with zero attached hydrogens (tertiary/aromatic N) is 3. The maximum Gasteiger partial charge on any atom is 0.324 e. The highest BCUT2D eigenvalue weighted by molar-refractivity contribution is 6.01. The second kappa shape index (κ2) is 9.88. The summed E-state index contributed by atoms with van der Waals surface area (Å²) < 4.78 is 0. The number of aromatic nitrogens is 3. The fourth-order valence-corrected chi connectivity index (χ4v) is 2.87. The number of carbonyl (C=O) groups excluding carboxylic acids is 2. The van der Waals surface area contributed by atoms with E-state index in [0.717, 1.165) is 5.56 Å². The number of amides is 3. The minimum absolute atomic E-state index is 0.293. The second-order valence-corrected chi connectivity index (χ2v) is 6.85. The molecule has 2 heterocycles. The standard InChI is InChI=1S/C23H20N8O2/c24-20-12-10-16(14-25-20)22(32)31-29-19-9-5-4-8-18(19)26-23(33)27-21-13-11-17(28-30-21)15-6-2-1-3-7-15/h1-14,29H,(H2,24,25)(H,31,32)(H2,26,27,30,33). The van der Waals surface area contributed by atoms with Crippen molar-refractivity contribution in [1.29, 1.82) is 0 Å². The summed E-state index contributed by atoms with van der Waals surface area (Å²) in [6.07, 6.45) is 1.37. The lowest BCUT2D eigenvalue weighted by Gasteiger charge is -2.14. The highest BCUT2D eigenvalue weighted by atomic mass is 16.2. The third kappa shape index (κ3) is 5.58. The zero-order valence-corrected chi connectivity index (χ0v) is 17.3. The van der Waals surface area contributed by atoms with Gasteiger partial charge in [0, 0.05) is 11.8 Å². The predicted octanol–water partition coefficient (Wildman–Crippen LogP) is 3.52. The van der Waals surface area contributed by atoms with Crippen LogP contribution in [-0.2, 0) is 0 Å². The van der Waals surface area contributed by atoms with Gasteiger partial charge in [-0.3, -0.25) is 21.0 Å². The Morgan fingerprint density at radius 2 is 1.52 bits per heavy atom. The van der Waals surface area contributed by atoms with Crippen molar-refractivity contribution in [3.63, 3.8) is 0 Å². The Balaban J connectivity index is 1.36. The molecule has 0 unspecified atom stereocenters. The molecule has 33 heavy (non-hydrogen) atoms. The van der Waals surface area contributed by atoms with Crippen molar-refractivity contribution in [2.75, 3.05) is 21.8 Å². The van der Waals surface area contributed by atoms with Gasteiger partial charge in [-0.05, 0) is 36.4 Å². The molecule has 0 aliphatic carbocycles. The van der Waals surface area contributed by atoms with Crippen molar-refractivity contribution in [3.05, 3.63) is 90.6 Å². The molecule has 0 aliphatic heterocycles. The van der Waals surface area contributed by atoms with E-state index in [1.807, 2.05) is 30.3 Å². The Hall–Kier alpha value is -4.99. The summed E-state index contributed by atoms with van der Waals surface area (Å²) in [4.78, 5) is 28.6. The van der Waals surface area contributed by atoms with E-state index in [9.17, 15) is 9.59 Å². The molecule has 0 aliphatic rings. The van der Waals surface area contributed by atoms with Crippen LogP contribution in [0.25, 0.3) is 11.3 Å². The summed E-state index contributed by atoms with van der Waals surface area (Å²) in [6.45, 7) is 0. The molecule has 4 aromatic rings. The van der Waals surface area contributed by atoms with Crippen LogP contribution in [0.4, 0.5) is 27.8 Å². The first-order valence-electron chi connectivity index (χ1n) is 9.92. The number of nitrogens with two attached hydrogens (primary N) is 1. The lowest BCUT2D eigenvalue weighted by Crippen LogP contribution is -2.30. The normalized spacial score (nSPS) is 10.2. The lowest BCUT2D eigenvalue weighted by molar-refractivity contribution is 0.0962. The molecule has 0 radical (unpaired) electrons. The number of hydrogen-bond acceptors (Lipinski definition) is 7. The summed E-state index contributed by atoms with van der Waals surface area (Å²) in [5.41, 5.74) is 13.8. The van der Waals surface area contributed by atoms with Crippen molar-refractivity contribution < 1.29 is 9.59 Å². The average molecular weight is 440 g/mol. The number of benzene rings is 2. The quantitative estimate of drug-likeness (QED) is 0.288. The minimum atomic E-state index is -0.514. The smallest absolute Gasteiger partial charge is 0.324 e. The number of rotatable bonds is 6. The average Bonchev–Trinajstić information content (AvgIpc) is 2.85. The van der Waals surface area contributed by atoms with E-state index in [1.54, 1.807) is 42.5 Å². The number of carbonyl (C=O) groups is 2. The molecule has 0 atom stereocenters. The molecule has 3 amide bonds. The van der Waals surface area contributed by atoms with Crippen LogP contribution in [-0.4, -0.2) is 27.1 Å². The molecular formula is C23H20N8O2. The SMILES string of the molecule is Nc1ccc(C(=O)NNc2ccccc2NC(=O)Nc2ccc(-c3ccccc3)nn2)cn1. The Labute approximate surface area is 189 Å². The molecule has 0 saturated carbocycles. The Morgan fingerprint density at radius 1 is 0.758 bits per heavy atom. The van der Waals surface area contributed by atoms with Gasteiger partial charge in [0.05, 0.1) is 22.6 Å². The van der Waals surface area contributed by atoms with Gasteiger partial charge in [0.25, 0.3) is 5.91 Å². The van der Waals surface area contributed by atoms with E-state index in [4.69, 9.17) is 5.73 Å². The third-order valence-electron chi connectivity index (χ3n) is 4.51. The van der Waals surface area contributed by atoms with Crippen LogP contribution < -0.4 is 27.2 Å². The first kappa shape index (κ1) is 21.2. The molecule has 2 aromatic carbocycles. The summed E-state index contributed by atoms with van der Waals surface area (Å²) in [6, 6.07) is 22.5. The van der Waals surface area contributed by atoms with Crippen molar-refractivity contribution in [1.82, 2.24) is 20.6 Å². The number of nitrogens with one attached hydrogen (secondary N) is 4. The van der Waals surface area contributed by atoms with Gasteiger partial charge in [0.15, 0.2) is 5.82 Å². The monoisotopic (exact) mass is 440 g/mol. The molecular weight excluding hydrogens is 420 g/mol. The number of pyridine rings is 1. The second-order valence-electron chi connectivity index (χ2n) is 6.85. The highest BCUT2D eigenvalue weighted by Crippen LogP contribution is 2.21. The van der Waals surface area contributed by atoms with Crippen molar-refractivity contribution in [3.8, 4) is 11.3 Å². The van der Waals surface area contributed by atoms with Crippen LogP contribution in [0.1, 0.15) is 10.4 Å². The topological polar surface area (TPSA) is 147 Å². The number of urea groups is 1. The highest BCUT2D eigenvalue weighted by Gasteiger charge is 2.10. The summed E-state index contributed by atoms with van der Waals surface area (Å²) >= 11 is 0. The molecule has 6 N–H and O–H groups in total. The van der Waals surface area contributed by atoms with Gasteiger partial charge in [-0.1, -0.05) is 42.5 Å². The van der Waals surface area contributed by atoms with Gasteiger partial charge in [0.1, 0.15) is 5.82 Å². The summed E-state index contributed by atoms with van der Waals surface area (Å²) in [7, 11) is 0. The van der Waals surface area contributed by atoms with E-state index in [-0.39, 0.29) is 0 Å². The molecule has 0 spiro atoms. The molecule has 0 bridgehead atoms. The fourth-order valence-electron chi connectivity index (χ4n) is 2.87. The molecule has 10 heteroatoms. The molecule has 164 valence electrons. The van der Waals surface area contributed by atoms with Gasteiger partial charge in [-0.25, -0.2) is 9.78 Å². The maximum atomic E-state index is 12.5. The lowest BCUT2D eigenvalue weighted by atomic mass is 10.1. The molecule has 2 aromatic heterocycles. The number of hydrogen-bond donors (Lipinski definition) is 5. The van der Waals surface area contributed by atoms with E-state index in [2.05, 4.69) is 36.7 Å².